The van der Waals surface area contributed by atoms with Crippen LogP contribution in [0.25, 0.3) is 0 Å². The summed E-state index contributed by atoms with van der Waals surface area (Å²) in [7, 11) is 0. The minimum atomic E-state index is 0.0134. The quantitative estimate of drug-likeness (QED) is 0.873. The highest BCUT2D eigenvalue weighted by Gasteiger charge is 2.32. The third kappa shape index (κ3) is 3.29. The van der Waals surface area contributed by atoms with Crippen LogP contribution in [0.15, 0.2) is 4.52 Å². The van der Waals surface area contributed by atoms with Crippen molar-refractivity contribution in [2.45, 2.75) is 58.0 Å². The number of aromatic nitrogens is 2. The minimum Gasteiger partial charge on any atom is -0.370 e. The van der Waals surface area contributed by atoms with Gasteiger partial charge in [0.1, 0.15) is 6.10 Å². The van der Waals surface area contributed by atoms with Gasteiger partial charge in [-0.2, -0.15) is 4.98 Å². The molecule has 21 heavy (non-hydrogen) atoms. The zero-order valence-corrected chi connectivity index (χ0v) is 13.2. The second-order valence-electron chi connectivity index (χ2n) is 6.47. The van der Waals surface area contributed by atoms with Gasteiger partial charge in [-0.05, 0) is 44.7 Å². The van der Waals surface area contributed by atoms with Gasteiger partial charge in [0.25, 0.3) is 0 Å². The Morgan fingerprint density at radius 3 is 2.62 bits per heavy atom. The predicted octanol–water partition coefficient (Wildman–Crippen LogP) is 3.05. The predicted molar refractivity (Wildman–Crippen MR) is 80.0 cm³/mol. The Balaban J connectivity index is 1.71. The highest BCUT2D eigenvalue weighted by atomic mass is 16.5. The average molecular weight is 293 g/mol. The van der Waals surface area contributed by atoms with Gasteiger partial charge in [0.15, 0.2) is 0 Å². The van der Waals surface area contributed by atoms with Crippen molar-refractivity contribution in [3.63, 3.8) is 0 Å². The zero-order chi connectivity index (χ0) is 14.7. The normalized spacial score (nSPS) is 23.7. The number of ether oxygens (including phenoxy) is 1. The number of rotatable bonds is 6. The smallest absolute Gasteiger partial charge is 0.229 e. The van der Waals surface area contributed by atoms with Gasteiger partial charge >= 0.3 is 0 Å². The maximum absolute atomic E-state index is 5.96. The second kappa shape index (κ2) is 6.88. The van der Waals surface area contributed by atoms with E-state index in [0.717, 1.165) is 24.8 Å². The Labute approximate surface area is 126 Å². The van der Waals surface area contributed by atoms with E-state index in [1.54, 1.807) is 0 Å². The Morgan fingerprint density at radius 2 is 2.00 bits per heavy atom. The Hall–Kier alpha value is -0.940. The van der Waals surface area contributed by atoms with Crippen LogP contribution in [-0.2, 0) is 4.74 Å². The van der Waals surface area contributed by atoms with Crippen molar-refractivity contribution < 1.29 is 9.26 Å². The first-order valence-corrected chi connectivity index (χ1v) is 8.45. The molecule has 1 aromatic rings. The van der Waals surface area contributed by atoms with E-state index in [-0.39, 0.29) is 6.10 Å². The maximum atomic E-state index is 5.96. The van der Waals surface area contributed by atoms with E-state index in [0.29, 0.717) is 24.4 Å². The molecule has 5 heteroatoms. The summed E-state index contributed by atoms with van der Waals surface area (Å²) in [5.74, 6) is 3.04. The first kappa shape index (κ1) is 15.0. The van der Waals surface area contributed by atoms with Crippen LogP contribution in [0.3, 0.4) is 0 Å². The van der Waals surface area contributed by atoms with Gasteiger partial charge in [-0.15, -0.1) is 0 Å². The molecule has 0 amide bonds. The third-order valence-corrected chi connectivity index (χ3v) is 5.05. The standard InChI is InChI=1S/C16H27N3O2/c1-3-20-14(12-7-5-4-6-8-12)15-18-16(21-19-15)11(2)13-9-17-10-13/h11-14,17H,3-10H2,1-2H3. The molecule has 2 atom stereocenters. The van der Waals surface area contributed by atoms with Crippen LogP contribution in [0.4, 0.5) is 0 Å². The van der Waals surface area contributed by atoms with Crippen LogP contribution in [-0.4, -0.2) is 29.8 Å². The zero-order valence-electron chi connectivity index (χ0n) is 13.2. The minimum absolute atomic E-state index is 0.0134. The summed E-state index contributed by atoms with van der Waals surface area (Å²) in [4.78, 5) is 4.68. The van der Waals surface area contributed by atoms with Crippen LogP contribution in [0.1, 0.15) is 69.7 Å². The van der Waals surface area contributed by atoms with Crippen molar-refractivity contribution >= 4 is 0 Å². The molecule has 2 unspecified atom stereocenters. The molecular formula is C16H27N3O2. The molecule has 1 aliphatic carbocycles. The van der Waals surface area contributed by atoms with Crippen molar-refractivity contribution in [1.82, 2.24) is 15.5 Å². The third-order valence-electron chi connectivity index (χ3n) is 5.05. The van der Waals surface area contributed by atoms with Gasteiger partial charge in [0, 0.05) is 12.5 Å². The van der Waals surface area contributed by atoms with Crippen molar-refractivity contribution in [2.24, 2.45) is 11.8 Å². The molecule has 5 nitrogen and oxygen atoms in total. The molecule has 3 rings (SSSR count). The first-order valence-electron chi connectivity index (χ1n) is 8.45. The number of nitrogens with one attached hydrogen (secondary N) is 1. The Kier molecular flexibility index (Phi) is 4.91. The van der Waals surface area contributed by atoms with E-state index in [9.17, 15) is 0 Å². The van der Waals surface area contributed by atoms with E-state index in [1.165, 1.54) is 32.1 Å². The van der Waals surface area contributed by atoms with Gasteiger partial charge in [-0.3, -0.25) is 0 Å². The first-order chi connectivity index (χ1) is 10.3. The Morgan fingerprint density at radius 1 is 1.24 bits per heavy atom. The van der Waals surface area contributed by atoms with E-state index in [2.05, 4.69) is 22.4 Å². The number of nitrogens with zero attached hydrogens (tertiary/aromatic N) is 2. The van der Waals surface area contributed by atoms with Gasteiger partial charge in [-0.1, -0.05) is 31.3 Å². The molecule has 1 saturated carbocycles. The SMILES string of the molecule is CCOC(c1noc(C(C)C2CNC2)n1)C1CCCCC1. The molecule has 118 valence electrons. The van der Waals surface area contributed by atoms with E-state index in [1.807, 2.05) is 6.92 Å². The number of hydrogen-bond acceptors (Lipinski definition) is 5. The van der Waals surface area contributed by atoms with Gasteiger partial charge in [0.05, 0.1) is 0 Å². The summed E-state index contributed by atoms with van der Waals surface area (Å²) < 4.78 is 11.5. The van der Waals surface area contributed by atoms with Crippen molar-refractivity contribution in [3.05, 3.63) is 11.7 Å². The van der Waals surface area contributed by atoms with Crippen LogP contribution in [0.2, 0.25) is 0 Å². The molecule has 0 spiro atoms. The molecule has 2 fully saturated rings. The van der Waals surface area contributed by atoms with Crippen LogP contribution in [0, 0.1) is 11.8 Å². The summed E-state index contributed by atoms with van der Waals surface area (Å²) >= 11 is 0. The largest absolute Gasteiger partial charge is 0.370 e. The molecule has 1 aliphatic heterocycles. The highest BCUT2D eigenvalue weighted by molar-refractivity contribution is 5.01. The lowest BCUT2D eigenvalue weighted by molar-refractivity contribution is -0.00145. The second-order valence-corrected chi connectivity index (χ2v) is 6.47. The fourth-order valence-corrected chi connectivity index (χ4v) is 3.45. The molecule has 1 saturated heterocycles. The van der Waals surface area contributed by atoms with Gasteiger partial charge < -0.3 is 14.6 Å². The van der Waals surface area contributed by atoms with Crippen LogP contribution >= 0.6 is 0 Å². The summed E-state index contributed by atoms with van der Waals surface area (Å²) in [5, 5.41) is 7.54. The summed E-state index contributed by atoms with van der Waals surface area (Å²) in [5.41, 5.74) is 0. The molecule has 2 heterocycles. The molecule has 0 aromatic carbocycles. The van der Waals surface area contributed by atoms with E-state index >= 15 is 0 Å². The molecule has 1 N–H and O–H groups in total. The summed E-state index contributed by atoms with van der Waals surface area (Å²) in [6.45, 7) is 7.03. The maximum Gasteiger partial charge on any atom is 0.229 e. The lowest BCUT2D eigenvalue weighted by atomic mass is 9.85. The van der Waals surface area contributed by atoms with Crippen molar-refractivity contribution in [2.75, 3.05) is 19.7 Å². The van der Waals surface area contributed by atoms with E-state index < -0.39 is 0 Å². The van der Waals surface area contributed by atoms with Crippen molar-refractivity contribution in [1.29, 1.82) is 0 Å². The van der Waals surface area contributed by atoms with Crippen molar-refractivity contribution in [3.8, 4) is 0 Å². The fourth-order valence-electron chi connectivity index (χ4n) is 3.45. The van der Waals surface area contributed by atoms with Crippen LogP contribution < -0.4 is 5.32 Å². The lowest BCUT2D eigenvalue weighted by Gasteiger charge is -2.30. The topological polar surface area (TPSA) is 60.2 Å². The molecule has 0 radical (unpaired) electrons. The molecular weight excluding hydrogens is 266 g/mol. The van der Waals surface area contributed by atoms with E-state index in [4.69, 9.17) is 9.26 Å². The molecule has 2 aliphatic rings. The average Bonchev–Trinajstić information content (AvgIpc) is 2.93. The highest BCUT2D eigenvalue weighted by Crippen LogP contribution is 2.36. The number of hydrogen-bond donors (Lipinski definition) is 1. The Bertz CT molecular complexity index is 438. The summed E-state index contributed by atoms with van der Waals surface area (Å²) in [6.07, 6.45) is 6.39. The fraction of sp³-hybridized carbons (Fsp3) is 0.875. The van der Waals surface area contributed by atoms with Gasteiger partial charge in [-0.25, -0.2) is 0 Å². The lowest BCUT2D eigenvalue weighted by Crippen LogP contribution is -2.44. The van der Waals surface area contributed by atoms with Crippen LogP contribution in [0.5, 0.6) is 0 Å². The molecule has 1 aromatic heterocycles. The molecule has 0 bridgehead atoms. The van der Waals surface area contributed by atoms with Gasteiger partial charge in [0.2, 0.25) is 11.7 Å². The summed E-state index contributed by atoms with van der Waals surface area (Å²) in [6, 6.07) is 0. The monoisotopic (exact) mass is 293 g/mol.